The first kappa shape index (κ1) is 33.7. The van der Waals surface area contributed by atoms with Crippen LogP contribution in [0.5, 0.6) is 0 Å². The van der Waals surface area contributed by atoms with E-state index in [1.165, 1.54) is 90.1 Å². The molecule has 3 unspecified atom stereocenters. The summed E-state index contributed by atoms with van der Waals surface area (Å²) >= 11 is 0. The Morgan fingerprint density at radius 2 is 1.47 bits per heavy atom. The largest absolute Gasteiger partial charge is 1.00 e. The predicted octanol–water partition coefficient (Wildman–Crippen LogP) is 3.75. The number of likely N-dealkylation sites (tertiary alicyclic amines) is 2. The first-order valence-corrected chi connectivity index (χ1v) is 18.1. The number of fused-ring (bicyclic) bond motifs is 5. The number of rotatable bonds is 6. The van der Waals surface area contributed by atoms with E-state index in [4.69, 9.17) is 9.47 Å². The lowest BCUT2D eigenvalue weighted by atomic mass is 9.44. The van der Waals surface area contributed by atoms with Gasteiger partial charge in [0.15, 0.2) is 6.10 Å². The molecule has 0 N–H and O–H groups in total. The molecule has 43 heavy (non-hydrogen) atoms. The van der Waals surface area contributed by atoms with Gasteiger partial charge in [-0.05, 0) is 113 Å². The van der Waals surface area contributed by atoms with Gasteiger partial charge in [0.25, 0.3) is 0 Å². The normalized spacial score (nSPS) is 44.2. The topological polar surface area (TPSA) is 55.8 Å². The minimum absolute atomic E-state index is 0. The molecule has 2 saturated heterocycles. The number of carbonyl (C=O) groups is 2. The summed E-state index contributed by atoms with van der Waals surface area (Å²) in [6.45, 7) is 13.8. The number of likely N-dealkylation sites (N-methyl/N-ethyl adjacent to an activating group) is 1. The van der Waals surface area contributed by atoms with Crippen LogP contribution in [0.15, 0.2) is 0 Å². The Hall–Kier alpha value is -0.660. The van der Waals surface area contributed by atoms with Crippen LogP contribution in [0, 0.1) is 34.5 Å². The minimum Gasteiger partial charge on any atom is -1.00 e. The second-order valence-corrected chi connectivity index (χ2v) is 16.2. The van der Waals surface area contributed by atoms with E-state index in [0.29, 0.717) is 48.1 Å². The zero-order valence-corrected chi connectivity index (χ0v) is 29.5. The molecular weight excluding hydrogens is 604 g/mol. The van der Waals surface area contributed by atoms with E-state index < -0.39 is 0 Å². The van der Waals surface area contributed by atoms with Crippen LogP contribution in [0.25, 0.3) is 0 Å². The molecule has 0 aromatic heterocycles. The van der Waals surface area contributed by atoms with Crippen molar-refractivity contribution in [3.63, 3.8) is 0 Å². The van der Waals surface area contributed by atoms with Crippen LogP contribution in [0.4, 0.5) is 0 Å². The van der Waals surface area contributed by atoms with Crippen molar-refractivity contribution in [2.75, 3.05) is 33.2 Å². The highest BCUT2D eigenvalue weighted by Gasteiger charge is 2.67. The number of ether oxygens (including phenoxy) is 2. The Morgan fingerprint density at radius 1 is 0.814 bits per heavy atom. The SMILES string of the molecule is CCC(=O)O[C@H]1C[C@@H]2CCC3C4C[C@H]([N+]5(C)CCCCC5)[C@@H](OC(=O)CC)[C@@]4(C)CCC3[C@@]2(C)C[C@@H]1N1CCCCC1.[Br-]. The van der Waals surface area contributed by atoms with Crippen LogP contribution in [0.3, 0.4) is 0 Å². The maximum absolute atomic E-state index is 12.9. The van der Waals surface area contributed by atoms with E-state index in [1.807, 2.05) is 13.8 Å². The summed E-state index contributed by atoms with van der Waals surface area (Å²) in [6, 6.07) is 0.798. The van der Waals surface area contributed by atoms with Gasteiger partial charge in [0.2, 0.25) is 0 Å². The molecular formula is C36H61BrN2O4. The average Bonchev–Trinajstić information content (AvgIpc) is 3.30. The Labute approximate surface area is 272 Å². The highest BCUT2D eigenvalue weighted by Crippen LogP contribution is 2.67. The third-order valence-electron chi connectivity index (χ3n) is 14.2. The van der Waals surface area contributed by atoms with Crippen LogP contribution in [-0.4, -0.2) is 78.8 Å². The molecule has 4 aliphatic carbocycles. The molecule has 10 atom stereocenters. The second-order valence-electron chi connectivity index (χ2n) is 16.2. The number of quaternary nitrogens is 1. The predicted molar refractivity (Wildman–Crippen MR) is 166 cm³/mol. The lowest BCUT2D eigenvalue weighted by Gasteiger charge is -2.62. The van der Waals surface area contributed by atoms with Crippen LogP contribution < -0.4 is 17.0 Å². The molecule has 6 aliphatic rings. The first-order valence-electron chi connectivity index (χ1n) is 18.1. The van der Waals surface area contributed by atoms with Gasteiger partial charge >= 0.3 is 11.9 Å². The highest BCUT2D eigenvalue weighted by molar-refractivity contribution is 5.69. The van der Waals surface area contributed by atoms with Crippen LogP contribution in [-0.2, 0) is 19.1 Å². The molecule has 6 rings (SSSR count). The average molecular weight is 666 g/mol. The summed E-state index contributed by atoms with van der Waals surface area (Å²) < 4.78 is 13.9. The van der Waals surface area contributed by atoms with E-state index in [9.17, 15) is 9.59 Å². The van der Waals surface area contributed by atoms with Crippen molar-refractivity contribution in [1.82, 2.24) is 4.90 Å². The maximum Gasteiger partial charge on any atom is 0.306 e. The molecule has 0 bridgehead atoms. The van der Waals surface area contributed by atoms with Gasteiger partial charge in [-0.15, -0.1) is 0 Å². The molecule has 4 saturated carbocycles. The van der Waals surface area contributed by atoms with Crippen molar-refractivity contribution < 1.29 is 40.5 Å². The number of hydrogen-bond donors (Lipinski definition) is 0. The standard InChI is InChI=1S/C36H61N2O4.BrH/c1-6-32(39)41-31-22-25-14-15-26-27(36(25,4)24-29(31)37-18-10-8-11-19-37)16-17-35(3)28(26)23-30(34(35)42-33(40)7-2)38(5)20-12-9-13-21-38;/h25-31,34H,6-24H2,1-5H3;1H/q+1;/p-1/t25-,26?,27?,28?,29-,30-,31-,34+,35-,36-;/m0./s1. The quantitative estimate of drug-likeness (QED) is 0.320. The molecule has 7 heteroatoms. The third kappa shape index (κ3) is 5.99. The molecule has 0 spiro atoms. The van der Waals surface area contributed by atoms with Gasteiger partial charge in [-0.3, -0.25) is 14.5 Å². The van der Waals surface area contributed by atoms with Crippen molar-refractivity contribution in [1.29, 1.82) is 0 Å². The molecule has 2 aliphatic heterocycles. The highest BCUT2D eigenvalue weighted by atomic mass is 79.9. The molecule has 246 valence electrons. The van der Waals surface area contributed by atoms with E-state index in [-0.39, 0.29) is 46.5 Å². The lowest BCUT2D eigenvalue weighted by molar-refractivity contribution is -0.940. The van der Waals surface area contributed by atoms with Gasteiger partial charge in [-0.25, -0.2) is 0 Å². The summed E-state index contributed by atoms with van der Waals surface area (Å²) in [7, 11) is 2.48. The fourth-order valence-corrected chi connectivity index (χ4v) is 11.8. The number of nitrogens with zero attached hydrogens (tertiary/aromatic N) is 2. The summed E-state index contributed by atoms with van der Waals surface area (Å²) in [5, 5.41) is 0. The first-order chi connectivity index (χ1) is 20.1. The zero-order chi connectivity index (χ0) is 29.7. The molecule has 0 amide bonds. The maximum atomic E-state index is 12.9. The van der Waals surface area contributed by atoms with Gasteiger partial charge < -0.3 is 30.9 Å². The number of halogens is 1. The van der Waals surface area contributed by atoms with Gasteiger partial charge in [0, 0.05) is 30.7 Å². The molecule has 0 aromatic rings. The number of hydrogen-bond acceptors (Lipinski definition) is 5. The van der Waals surface area contributed by atoms with Crippen molar-refractivity contribution in [2.45, 2.75) is 148 Å². The molecule has 6 nitrogen and oxygen atoms in total. The summed E-state index contributed by atoms with van der Waals surface area (Å²) in [5.41, 5.74) is 0.372. The molecule has 2 heterocycles. The Balaban J connectivity index is 0.00000368. The van der Waals surface area contributed by atoms with E-state index in [0.717, 1.165) is 29.9 Å². The minimum atomic E-state index is -0.0215. The smallest absolute Gasteiger partial charge is 0.306 e. The van der Waals surface area contributed by atoms with E-state index in [2.05, 4.69) is 25.8 Å². The number of esters is 2. The zero-order valence-electron chi connectivity index (χ0n) is 28.0. The van der Waals surface area contributed by atoms with Crippen molar-refractivity contribution in [3.05, 3.63) is 0 Å². The summed E-state index contributed by atoms with van der Waals surface area (Å²) in [4.78, 5) is 28.2. The van der Waals surface area contributed by atoms with Gasteiger partial charge in [-0.2, -0.15) is 0 Å². The van der Waals surface area contributed by atoms with E-state index in [1.54, 1.807) is 0 Å². The molecule has 0 radical (unpaired) electrons. The Kier molecular flexibility index (Phi) is 10.4. The third-order valence-corrected chi connectivity index (χ3v) is 14.2. The number of piperidine rings is 2. The van der Waals surface area contributed by atoms with Crippen LogP contribution in [0.2, 0.25) is 0 Å². The summed E-state index contributed by atoms with van der Waals surface area (Å²) in [5.74, 6) is 2.68. The molecule has 0 aromatic carbocycles. The van der Waals surface area contributed by atoms with E-state index >= 15 is 0 Å². The fourth-order valence-electron chi connectivity index (χ4n) is 11.8. The second kappa shape index (κ2) is 13.2. The summed E-state index contributed by atoms with van der Waals surface area (Å²) in [6.07, 6.45) is 17.3. The van der Waals surface area contributed by atoms with Crippen molar-refractivity contribution >= 4 is 11.9 Å². The Morgan fingerprint density at radius 3 is 2.14 bits per heavy atom. The lowest BCUT2D eigenvalue weighted by Crippen LogP contribution is -3.00. The van der Waals surface area contributed by atoms with Gasteiger partial charge in [-0.1, -0.05) is 34.1 Å². The van der Waals surface area contributed by atoms with Crippen molar-refractivity contribution in [2.24, 2.45) is 34.5 Å². The van der Waals surface area contributed by atoms with Crippen LogP contribution in [0.1, 0.15) is 124 Å². The molecule has 6 fully saturated rings. The van der Waals surface area contributed by atoms with Crippen molar-refractivity contribution in [3.8, 4) is 0 Å². The van der Waals surface area contributed by atoms with Gasteiger partial charge in [0.1, 0.15) is 12.1 Å². The Bertz CT molecular complexity index is 996. The van der Waals surface area contributed by atoms with Crippen LogP contribution >= 0.6 is 0 Å². The fraction of sp³-hybridized carbons (Fsp3) is 0.944. The van der Waals surface area contributed by atoms with Gasteiger partial charge in [0.05, 0.1) is 20.1 Å². The number of carbonyl (C=O) groups excluding carboxylic acids is 2. The monoisotopic (exact) mass is 664 g/mol.